The molecule has 0 aliphatic rings. The van der Waals surface area contributed by atoms with E-state index in [4.69, 9.17) is 16.3 Å². The minimum Gasteiger partial charge on any atom is -0.496 e. The normalized spacial score (nSPS) is 12.3. The SMILES string of the molecule is CCCNC(CCc1ccsc1)c1ccc(Cl)cc1OC. The fraction of sp³-hybridized carbons (Fsp3) is 0.412. The molecule has 0 spiro atoms. The minimum absolute atomic E-state index is 0.289. The summed E-state index contributed by atoms with van der Waals surface area (Å²) in [4.78, 5) is 0. The average molecular weight is 324 g/mol. The molecular weight excluding hydrogens is 302 g/mol. The number of rotatable bonds is 8. The lowest BCUT2D eigenvalue weighted by Gasteiger charge is -2.21. The number of halogens is 1. The molecule has 0 amide bonds. The summed E-state index contributed by atoms with van der Waals surface area (Å²) >= 11 is 7.82. The first-order chi connectivity index (χ1) is 10.2. The summed E-state index contributed by atoms with van der Waals surface area (Å²) in [5.74, 6) is 0.862. The van der Waals surface area contributed by atoms with Crippen molar-refractivity contribution in [1.82, 2.24) is 5.32 Å². The lowest BCUT2D eigenvalue weighted by Crippen LogP contribution is -2.23. The zero-order valence-corrected chi connectivity index (χ0v) is 14.1. The van der Waals surface area contributed by atoms with E-state index in [1.165, 1.54) is 11.1 Å². The van der Waals surface area contributed by atoms with Crippen molar-refractivity contribution in [3.05, 3.63) is 51.2 Å². The topological polar surface area (TPSA) is 21.3 Å². The summed E-state index contributed by atoms with van der Waals surface area (Å²) in [6.45, 7) is 3.18. The molecule has 1 aromatic heterocycles. The average Bonchev–Trinajstić information content (AvgIpc) is 3.01. The van der Waals surface area contributed by atoms with Crippen molar-refractivity contribution in [2.24, 2.45) is 0 Å². The molecule has 114 valence electrons. The molecule has 1 atom stereocenters. The van der Waals surface area contributed by atoms with Gasteiger partial charge in [0, 0.05) is 16.6 Å². The van der Waals surface area contributed by atoms with Crippen molar-refractivity contribution >= 4 is 22.9 Å². The number of hydrogen-bond acceptors (Lipinski definition) is 3. The Morgan fingerprint density at radius 3 is 2.86 bits per heavy atom. The van der Waals surface area contributed by atoms with Gasteiger partial charge in [-0.05, 0) is 60.3 Å². The van der Waals surface area contributed by atoms with E-state index in [0.29, 0.717) is 5.02 Å². The molecule has 1 unspecified atom stereocenters. The van der Waals surface area contributed by atoms with Crippen molar-refractivity contribution < 1.29 is 4.74 Å². The van der Waals surface area contributed by atoms with Crippen LogP contribution in [0.4, 0.5) is 0 Å². The lowest BCUT2D eigenvalue weighted by atomic mass is 9.99. The van der Waals surface area contributed by atoms with E-state index in [0.717, 1.165) is 31.6 Å². The molecular formula is C17H22ClNOS. The molecule has 1 heterocycles. The van der Waals surface area contributed by atoms with Crippen molar-refractivity contribution in [2.75, 3.05) is 13.7 Å². The molecule has 0 radical (unpaired) electrons. The van der Waals surface area contributed by atoms with Crippen molar-refractivity contribution in [3.8, 4) is 5.75 Å². The monoisotopic (exact) mass is 323 g/mol. The predicted octanol–water partition coefficient (Wildman–Crippen LogP) is 5.08. The number of methoxy groups -OCH3 is 1. The van der Waals surface area contributed by atoms with Gasteiger partial charge in [-0.15, -0.1) is 0 Å². The molecule has 2 nitrogen and oxygen atoms in total. The summed E-state index contributed by atoms with van der Waals surface area (Å²) in [5.41, 5.74) is 2.59. The number of aryl methyl sites for hydroxylation is 1. The third kappa shape index (κ3) is 4.73. The zero-order valence-electron chi connectivity index (χ0n) is 12.6. The Morgan fingerprint density at radius 1 is 1.33 bits per heavy atom. The van der Waals surface area contributed by atoms with E-state index in [9.17, 15) is 0 Å². The van der Waals surface area contributed by atoms with Gasteiger partial charge in [-0.25, -0.2) is 0 Å². The largest absolute Gasteiger partial charge is 0.496 e. The van der Waals surface area contributed by atoms with Gasteiger partial charge in [-0.2, -0.15) is 11.3 Å². The Labute approximate surface area is 136 Å². The first kappa shape index (κ1) is 16.3. The summed E-state index contributed by atoms with van der Waals surface area (Å²) < 4.78 is 5.50. The highest BCUT2D eigenvalue weighted by molar-refractivity contribution is 7.07. The molecule has 0 fully saturated rings. The van der Waals surface area contributed by atoms with Crippen LogP contribution in [0.2, 0.25) is 5.02 Å². The molecule has 0 aliphatic heterocycles. The second kappa shape index (κ2) is 8.42. The number of hydrogen-bond donors (Lipinski definition) is 1. The van der Waals surface area contributed by atoms with E-state index >= 15 is 0 Å². The van der Waals surface area contributed by atoms with Gasteiger partial charge in [-0.1, -0.05) is 24.6 Å². The van der Waals surface area contributed by atoms with Gasteiger partial charge < -0.3 is 10.1 Å². The molecule has 0 aliphatic carbocycles. The summed E-state index contributed by atoms with van der Waals surface area (Å²) in [7, 11) is 1.70. The molecule has 1 aromatic carbocycles. The number of nitrogens with one attached hydrogen (secondary N) is 1. The fourth-order valence-electron chi connectivity index (χ4n) is 2.40. The Kier molecular flexibility index (Phi) is 6.55. The predicted molar refractivity (Wildman–Crippen MR) is 91.7 cm³/mol. The second-order valence-electron chi connectivity index (χ2n) is 5.06. The van der Waals surface area contributed by atoms with Crippen LogP contribution in [-0.2, 0) is 6.42 Å². The molecule has 2 rings (SSSR count). The van der Waals surface area contributed by atoms with Crippen molar-refractivity contribution in [3.63, 3.8) is 0 Å². The van der Waals surface area contributed by atoms with Gasteiger partial charge in [-0.3, -0.25) is 0 Å². The Bertz CT molecular complexity index is 542. The molecule has 0 bridgehead atoms. The van der Waals surface area contributed by atoms with Crippen molar-refractivity contribution in [2.45, 2.75) is 32.2 Å². The molecule has 0 saturated carbocycles. The number of thiophene rings is 1. The highest BCUT2D eigenvalue weighted by Crippen LogP contribution is 2.31. The first-order valence-corrected chi connectivity index (χ1v) is 8.64. The summed E-state index contributed by atoms with van der Waals surface area (Å²) in [6, 6.07) is 8.38. The summed E-state index contributed by atoms with van der Waals surface area (Å²) in [5, 5.41) is 8.68. The molecule has 4 heteroatoms. The second-order valence-corrected chi connectivity index (χ2v) is 6.28. The number of ether oxygens (including phenoxy) is 1. The van der Waals surface area contributed by atoms with E-state index in [1.54, 1.807) is 18.4 Å². The van der Waals surface area contributed by atoms with Crippen LogP contribution in [0, 0.1) is 0 Å². The van der Waals surface area contributed by atoms with Crippen LogP contribution in [0.25, 0.3) is 0 Å². The molecule has 1 N–H and O–H groups in total. The van der Waals surface area contributed by atoms with Crippen LogP contribution in [0.3, 0.4) is 0 Å². The van der Waals surface area contributed by atoms with Crippen molar-refractivity contribution in [1.29, 1.82) is 0 Å². The van der Waals surface area contributed by atoms with E-state index < -0.39 is 0 Å². The van der Waals surface area contributed by atoms with E-state index in [-0.39, 0.29) is 6.04 Å². The van der Waals surface area contributed by atoms with Crippen LogP contribution in [-0.4, -0.2) is 13.7 Å². The smallest absolute Gasteiger partial charge is 0.125 e. The summed E-state index contributed by atoms with van der Waals surface area (Å²) in [6.07, 6.45) is 3.23. The van der Waals surface area contributed by atoms with Gasteiger partial charge in [0.1, 0.15) is 5.75 Å². The Hall–Kier alpha value is -1.03. The maximum atomic E-state index is 6.06. The van der Waals surface area contributed by atoms with Gasteiger partial charge in [0.05, 0.1) is 7.11 Å². The van der Waals surface area contributed by atoms with Crippen LogP contribution >= 0.6 is 22.9 Å². The maximum Gasteiger partial charge on any atom is 0.125 e. The van der Waals surface area contributed by atoms with Crippen LogP contribution in [0.1, 0.15) is 36.9 Å². The van der Waals surface area contributed by atoms with Gasteiger partial charge in [0.25, 0.3) is 0 Å². The lowest BCUT2D eigenvalue weighted by molar-refractivity contribution is 0.395. The third-order valence-electron chi connectivity index (χ3n) is 3.51. The van der Waals surface area contributed by atoms with E-state index in [2.05, 4.69) is 35.1 Å². The van der Waals surface area contributed by atoms with Gasteiger partial charge in [0.15, 0.2) is 0 Å². The van der Waals surface area contributed by atoms with Crippen LogP contribution in [0.15, 0.2) is 35.0 Å². The Balaban J connectivity index is 2.14. The maximum absolute atomic E-state index is 6.06. The highest BCUT2D eigenvalue weighted by Gasteiger charge is 2.16. The standard InChI is InChI=1S/C17H22ClNOS/c1-3-9-19-16(7-4-13-8-10-21-12-13)15-6-5-14(18)11-17(15)20-2/h5-6,8,10-12,16,19H,3-4,7,9H2,1-2H3. The first-order valence-electron chi connectivity index (χ1n) is 7.32. The van der Waals surface area contributed by atoms with Crippen LogP contribution in [0.5, 0.6) is 5.75 Å². The molecule has 21 heavy (non-hydrogen) atoms. The third-order valence-corrected chi connectivity index (χ3v) is 4.48. The van der Waals surface area contributed by atoms with Gasteiger partial charge in [0.2, 0.25) is 0 Å². The van der Waals surface area contributed by atoms with Gasteiger partial charge >= 0.3 is 0 Å². The van der Waals surface area contributed by atoms with E-state index in [1.807, 2.05) is 12.1 Å². The van der Waals surface area contributed by atoms with Crippen LogP contribution < -0.4 is 10.1 Å². The number of benzene rings is 1. The zero-order chi connectivity index (χ0) is 15.1. The fourth-order valence-corrected chi connectivity index (χ4v) is 3.27. The minimum atomic E-state index is 0.289. The Morgan fingerprint density at radius 2 is 2.19 bits per heavy atom. The highest BCUT2D eigenvalue weighted by atomic mass is 35.5. The molecule has 0 saturated heterocycles. The molecule has 2 aromatic rings. The quantitative estimate of drug-likeness (QED) is 0.731.